The molecule has 0 fully saturated rings. The van der Waals surface area contributed by atoms with Crippen molar-refractivity contribution in [3.63, 3.8) is 0 Å². The zero-order valence-electron chi connectivity index (χ0n) is 15.1. The Morgan fingerprint density at radius 2 is 2.07 bits per heavy atom. The summed E-state index contributed by atoms with van der Waals surface area (Å²) < 4.78 is 0. The Hall–Kier alpha value is -2.77. The molecule has 4 aromatic rings. The van der Waals surface area contributed by atoms with Gasteiger partial charge in [-0.3, -0.25) is 4.79 Å². The summed E-state index contributed by atoms with van der Waals surface area (Å²) in [6.07, 6.45) is 2.50. The van der Waals surface area contributed by atoms with Crippen LogP contribution < -0.4 is 5.32 Å². The Morgan fingerprint density at radius 1 is 1.18 bits per heavy atom. The molecule has 1 aliphatic heterocycles. The van der Waals surface area contributed by atoms with Gasteiger partial charge in [-0.05, 0) is 35.1 Å². The van der Waals surface area contributed by atoms with E-state index in [1.165, 1.54) is 10.4 Å². The number of rotatable bonds is 4. The highest BCUT2D eigenvalue weighted by Gasteiger charge is 2.21. The normalized spacial score (nSPS) is 13.5. The largest absolute Gasteiger partial charge is 0.360 e. The quantitative estimate of drug-likeness (QED) is 0.545. The summed E-state index contributed by atoms with van der Waals surface area (Å²) in [6.45, 7) is 1.72. The molecule has 28 heavy (non-hydrogen) atoms. The van der Waals surface area contributed by atoms with Crippen LogP contribution >= 0.6 is 22.7 Å². The van der Waals surface area contributed by atoms with E-state index >= 15 is 0 Å². The maximum absolute atomic E-state index is 12.7. The van der Waals surface area contributed by atoms with Gasteiger partial charge in [0, 0.05) is 22.8 Å². The van der Waals surface area contributed by atoms with Crippen molar-refractivity contribution in [2.24, 2.45) is 0 Å². The van der Waals surface area contributed by atoms with Crippen molar-refractivity contribution >= 4 is 44.6 Å². The molecule has 1 N–H and O–H groups in total. The first-order valence-electron chi connectivity index (χ1n) is 9.15. The first kappa shape index (κ1) is 17.3. The topological polar surface area (TPSA) is 58.1 Å². The van der Waals surface area contributed by atoms with Crippen LogP contribution in [-0.4, -0.2) is 33.9 Å². The molecule has 1 aromatic carbocycles. The number of thiophene rings is 2. The molecule has 4 heterocycles. The Balaban J connectivity index is 1.33. The van der Waals surface area contributed by atoms with Crippen molar-refractivity contribution in [3.05, 3.63) is 64.6 Å². The average Bonchev–Trinajstić information content (AvgIpc) is 3.39. The number of aromatic nitrogens is 2. The number of amides is 1. The van der Waals surface area contributed by atoms with Gasteiger partial charge in [0.2, 0.25) is 5.91 Å². The smallest absolute Gasteiger partial charge is 0.242 e. The molecular weight excluding hydrogens is 388 g/mol. The van der Waals surface area contributed by atoms with E-state index in [0.717, 1.165) is 33.6 Å². The summed E-state index contributed by atoms with van der Waals surface area (Å²) in [6, 6.07) is 14.5. The van der Waals surface area contributed by atoms with Gasteiger partial charge in [0.05, 0.1) is 11.9 Å². The maximum atomic E-state index is 12.7. The van der Waals surface area contributed by atoms with Gasteiger partial charge >= 0.3 is 0 Å². The SMILES string of the molecule is O=C(CNc1ncnc2sc(-c3ccccc3)cc12)N1CCc2sccc2C1. The van der Waals surface area contributed by atoms with Crippen LogP contribution in [0, 0.1) is 0 Å². The number of fused-ring (bicyclic) bond motifs is 2. The van der Waals surface area contributed by atoms with E-state index in [0.29, 0.717) is 12.4 Å². The molecule has 0 saturated carbocycles. The molecule has 5 rings (SSSR count). The number of benzene rings is 1. The summed E-state index contributed by atoms with van der Waals surface area (Å²) in [4.78, 5) is 26.9. The highest BCUT2D eigenvalue weighted by atomic mass is 32.1. The Kier molecular flexibility index (Phi) is 4.54. The molecule has 3 aromatic heterocycles. The molecule has 5 nitrogen and oxygen atoms in total. The highest BCUT2D eigenvalue weighted by Crippen LogP contribution is 2.34. The van der Waals surface area contributed by atoms with Gasteiger partial charge in [0.1, 0.15) is 17.0 Å². The number of nitrogens with one attached hydrogen (secondary N) is 1. The highest BCUT2D eigenvalue weighted by molar-refractivity contribution is 7.21. The van der Waals surface area contributed by atoms with Crippen LogP contribution in [0.4, 0.5) is 5.82 Å². The van der Waals surface area contributed by atoms with Gasteiger partial charge in [-0.2, -0.15) is 0 Å². The summed E-state index contributed by atoms with van der Waals surface area (Å²) >= 11 is 3.42. The standard InChI is InChI=1S/C21H18N4OS2/c26-19(25-8-6-17-15(12-25)7-9-27-17)11-22-20-16-10-18(14-4-2-1-3-5-14)28-21(16)24-13-23-20/h1-5,7,9-10,13H,6,8,11-12H2,(H,22,23,24). The van der Waals surface area contributed by atoms with Gasteiger partial charge in [0.15, 0.2) is 0 Å². The van der Waals surface area contributed by atoms with Crippen LogP contribution in [0.3, 0.4) is 0 Å². The molecule has 1 aliphatic rings. The fraction of sp³-hybridized carbons (Fsp3) is 0.190. The van der Waals surface area contributed by atoms with Crippen molar-refractivity contribution < 1.29 is 4.79 Å². The Morgan fingerprint density at radius 3 is 2.96 bits per heavy atom. The van der Waals surface area contributed by atoms with Crippen molar-refractivity contribution in [1.82, 2.24) is 14.9 Å². The van der Waals surface area contributed by atoms with Gasteiger partial charge in [-0.15, -0.1) is 22.7 Å². The first-order chi connectivity index (χ1) is 13.8. The molecule has 0 aliphatic carbocycles. The molecule has 0 bridgehead atoms. The minimum Gasteiger partial charge on any atom is -0.360 e. The summed E-state index contributed by atoms with van der Waals surface area (Å²) in [7, 11) is 0. The monoisotopic (exact) mass is 406 g/mol. The van der Waals surface area contributed by atoms with Crippen molar-refractivity contribution in [2.75, 3.05) is 18.4 Å². The predicted molar refractivity (Wildman–Crippen MR) is 115 cm³/mol. The average molecular weight is 407 g/mol. The second kappa shape index (κ2) is 7.33. The number of nitrogens with zero attached hydrogens (tertiary/aromatic N) is 3. The van der Waals surface area contributed by atoms with Crippen molar-refractivity contribution in [2.45, 2.75) is 13.0 Å². The van der Waals surface area contributed by atoms with Crippen LogP contribution in [0.2, 0.25) is 0 Å². The third-order valence-electron chi connectivity index (χ3n) is 4.96. The lowest BCUT2D eigenvalue weighted by molar-refractivity contribution is -0.130. The fourth-order valence-electron chi connectivity index (χ4n) is 3.47. The number of hydrogen-bond donors (Lipinski definition) is 1. The summed E-state index contributed by atoms with van der Waals surface area (Å²) in [5, 5.41) is 6.30. The first-order valence-corrected chi connectivity index (χ1v) is 10.8. The van der Waals surface area contributed by atoms with Crippen molar-refractivity contribution in [3.8, 4) is 10.4 Å². The van der Waals surface area contributed by atoms with Crippen LogP contribution in [0.5, 0.6) is 0 Å². The number of carbonyl (C=O) groups is 1. The van der Waals surface area contributed by atoms with E-state index < -0.39 is 0 Å². The Labute approximate surface area is 170 Å². The summed E-state index contributed by atoms with van der Waals surface area (Å²) in [5.41, 5.74) is 2.44. The predicted octanol–water partition coefficient (Wildman–Crippen LogP) is 4.42. The number of hydrogen-bond acceptors (Lipinski definition) is 6. The third-order valence-corrected chi connectivity index (χ3v) is 7.07. The molecule has 140 valence electrons. The Bertz CT molecular complexity index is 1140. The van der Waals surface area contributed by atoms with Crippen LogP contribution in [0.15, 0.2) is 54.2 Å². The van der Waals surface area contributed by atoms with Crippen molar-refractivity contribution in [1.29, 1.82) is 0 Å². The van der Waals surface area contributed by atoms with Crippen LogP contribution in [-0.2, 0) is 17.8 Å². The minimum absolute atomic E-state index is 0.0992. The third kappa shape index (κ3) is 3.27. The molecular formula is C21H18N4OS2. The van der Waals surface area contributed by atoms with E-state index in [9.17, 15) is 4.79 Å². The number of anilines is 1. The van der Waals surface area contributed by atoms with Gasteiger partial charge < -0.3 is 10.2 Å². The van der Waals surface area contributed by atoms with E-state index in [1.807, 2.05) is 23.1 Å². The maximum Gasteiger partial charge on any atom is 0.242 e. The van der Waals surface area contributed by atoms with E-state index in [1.54, 1.807) is 29.0 Å². The molecule has 0 atom stereocenters. The van der Waals surface area contributed by atoms with Gasteiger partial charge in [-0.1, -0.05) is 30.3 Å². The molecule has 1 amide bonds. The number of carbonyl (C=O) groups excluding carboxylic acids is 1. The molecule has 0 saturated heterocycles. The molecule has 0 radical (unpaired) electrons. The zero-order valence-corrected chi connectivity index (χ0v) is 16.7. The zero-order chi connectivity index (χ0) is 18.9. The molecule has 0 spiro atoms. The fourth-order valence-corrected chi connectivity index (χ4v) is 5.37. The molecule has 7 heteroatoms. The van der Waals surface area contributed by atoms with E-state index in [4.69, 9.17) is 0 Å². The van der Waals surface area contributed by atoms with Crippen LogP contribution in [0.1, 0.15) is 10.4 Å². The summed E-state index contributed by atoms with van der Waals surface area (Å²) in [5.74, 6) is 0.812. The lowest BCUT2D eigenvalue weighted by Gasteiger charge is -2.27. The lowest BCUT2D eigenvalue weighted by Crippen LogP contribution is -2.38. The second-order valence-corrected chi connectivity index (χ2v) is 8.74. The molecule has 0 unspecified atom stereocenters. The lowest BCUT2D eigenvalue weighted by atomic mass is 10.1. The minimum atomic E-state index is 0.0992. The van der Waals surface area contributed by atoms with Gasteiger partial charge in [0.25, 0.3) is 0 Å². The van der Waals surface area contributed by atoms with Gasteiger partial charge in [-0.25, -0.2) is 9.97 Å². The second-order valence-electron chi connectivity index (χ2n) is 6.71. The van der Waals surface area contributed by atoms with E-state index in [-0.39, 0.29) is 12.5 Å². The van der Waals surface area contributed by atoms with E-state index in [2.05, 4.69) is 44.9 Å². The van der Waals surface area contributed by atoms with Crippen LogP contribution in [0.25, 0.3) is 20.7 Å².